The zero-order valence-corrected chi connectivity index (χ0v) is 43.1. The van der Waals surface area contributed by atoms with Crippen molar-refractivity contribution in [3.63, 3.8) is 0 Å². The third kappa shape index (κ3) is 14.2. The van der Waals surface area contributed by atoms with Crippen LogP contribution in [0.2, 0.25) is 0 Å². The van der Waals surface area contributed by atoms with Crippen molar-refractivity contribution >= 4 is 41.4 Å². The van der Waals surface area contributed by atoms with E-state index in [4.69, 9.17) is 14.5 Å². The molecule has 0 spiro atoms. The summed E-state index contributed by atoms with van der Waals surface area (Å²) in [6.45, 7) is 12.9. The van der Waals surface area contributed by atoms with Crippen molar-refractivity contribution < 1.29 is 38.2 Å². The summed E-state index contributed by atoms with van der Waals surface area (Å²) in [4.78, 5) is 95.9. The predicted molar refractivity (Wildman–Crippen MR) is 264 cm³/mol. The van der Waals surface area contributed by atoms with E-state index in [9.17, 15) is 28.8 Å². The van der Waals surface area contributed by atoms with Gasteiger partial charge in [0.1, 0.15) is 6.04 Å². The number of hydrogen-bond acceptors (Lipinski definition) is 12. The van der Waals surface area contributed by atoms with E-state index in [-0.39, 0.29) is 59.7 Å². The van der Waals surface area contributed by atoms with Crippen molar-refractivity contribution in [2.24, 2.45) is 22.7 Å². The molecule has 20 nitrogen and oxygen atoms in total. The summed E-state index contributed by atoms with van der Waals surface area (Å²) in [5.74, 6) is -0.896. The first-order valence-electron chi connectivity index (χ1n) is 25.0. The first kappa shape index (κ1) is 55.2. The van der Waals surface area contributed by atoms with Gasteiger partial charge in [0.25, 0.3) is 11.8 Å². The van der Waals surface area contributed by atoms with Crippen LogP contribution in [-0.4, -0.2) is 196 Å². The first-order chi connectivity index (χ1) is 33.5. The number of carbonyl (C=O) groups is 6. The average Bonchev–Trinajstić information content (AvgIpc) is 4.14. The van der Waals surface area contributed by atoms with Gasteiger partial charge in [-0.05, 0) is 43.1 Å². The van der Waals surface area contributed by atoms with Crippen LogP contribution in [0.5, 0.6) is 0 Å². The monoisotopic (exact) mass is 975 g/mol. The van der Waals surface area contributed by atoms with Gasteiger partial charge >= 0.3 is 0 Å². The Labute approximate surface area is 413 Å². The molecular weight excluding hydrogens is 897 g/mol. The highest BCUT2D eigenvalue weighted by Crippen LogP contribution is 2.30. The number of ether oxygens (including phenoxy) is 2. The summed E-state index contributed by atoms with van der Waals surface area (Å²) in [6.07, 6.45) is 6.38. The number of hydrogen-bond donors (Lipinski definition) is 2. The molecule has 0 aliphatic carbocycles. The van der Waals surface area contributed by atoms with Crippen molar-refractivity contribution in [3.05, 3.63) is 53.9 Å². The molecule has 2 saturated heterocycles. The number of aromatic amines is 1. The molecule has 4 heterocycles. The number of aliphatic imine (C=N–C) groups is 1. The maximum Gasteiger partial charge on any atom is 0.253 e. The number of nitrogens with zero attached hydrogens (tertiary/aromatic N) is 10. The Balaban J connectivity index is 1.22. The third-order valence-corrected chi connectivity index (χ3v) is 14.2. The normalized spacial score (nSPS) is 19.5. The summed E-state index contributed by atoms with van der Waals surface area (Å²) >= 11 is 0. The Hall–Kier alpha value is -5.76. The van der Waals surface area contributed by atoms with Crippen molar-refractivity contribution in [1.29, 1.82) is 0 Å². The van der Waals surface area contributed by atoms with Crippen LogP contribution >= 0.6 is 0 Å². The Morgan fingerprint density at radius 1 is 0.886 bits per heavy atom. The molecule has 6 amide bonds. The SMILES string of the molecule is CC[C@H](C)[C@@H]([C@H](CC(=O)N1CCC[C@H]1[C@H](OC)[C@@H](C)C(=O)N[C@@H](Cc1ccccc1)c1nn[nH]n1)OC)N(C)C(=O)[C@@H](N=C(N(C)C)N1CCN(C(=O)CCCCCN2C(=O)C=CC2=O)CC1)C(C)C. The van der Waals surface area contributed by atoms with Gasteiger partial charge in [-0.2, -0.15) is 5.21 Å². The molecule has 0 unspecified atom stereocenters. The lowest BCUT2D eigenvalue weighted by atomic mass is 9.89. The second kappa shape index (κ2) is 26.4. The molecule has 2 aromatic rings. The number of unbranched alkanes of at least 4 members (excludes halogenated alkanes) is 2. The smallest absolute Gasteiger partial charge is 0.253 e. The number of carbonyl (C=O) groups excluding carboxylic acids is 6. The van der Waals surface area contributed by atoms with E-state index in [0.717, 1.165) is 24.8 Å². The van der Waals surface area contributed by atoms with Crippen LogP contribution < -0.4 is 5.32 Å². The number of aromatic nitrogens is 4. The van der Waals surface area contributed by atoms with Gasteiger partial charge in [-0.25, -0.2) is 4.99 Å². The van der Waals surface area contributed by atoms with Gasteiger partial charge in [0, 0.05) is 99.6 Å². The summed E-state index contributed by atoms with van der Waals surface area (Å²) in [7, 11) is 8.74. The van der Waals surface area contributed by atoms with Crippen LogP contribution in [0.15, 0.2) is 47.5 Å². The highest BCUT2D eigenvalue weighted by Gasteiger charge is 2.43. The van der Waals surface area contributed by atoms with Crippen molar-refractivity contribution in [3.8, 4) is 0 Å². The van der Waals surface area contributed by atoms with E-state index in [2.05, 4.69) is 44.7 Å². The van der Waals surface area contributed by atoms with Gasteiger partial charge in [0.15, 0.2) is 11.8 Å². The van der Waals surface area contributed by atoms with Crippen LogP contribution in [0.4, 0.5) is 0 Å². The minimum absolute atomic E-state index is 0.0213. The zero-order valence-electron chi connectivity index (χ0n) is 43.1. The average molecular weight is 975 g/mol. The molecule has 1 aromatic heterocycles. The number of likely N-dealkylation sites (N-methyl/N-ethyl adjacent to an activating group) is 1. The Morgan fingerprint density at radius 2 is 1.56 bits per heavy atom. The van der Waals surface area contributed by atoms with E-state index >= 15 is 0 Å². The lowest BCUT2D eigenvalue weighted by Gasteiger charge is -2.41. The Bertz CT molecular complexity index is 2080. The summed E-state index contributed by atoms with van der Waals surface area (Å²) in [6, 6.07) is 7.64. The number of amides is 6. The van der Waals surface area contributed by atoms with Crippen molar-refractivity contribution in [2.45, 2.75) is 129 Å². The molecule has 0 bridgehead atoms. The van der Waals surface area contributed by atoms with Crippen LogP contribution in [-0.2, 0) is 44.7 Å². The van der Waals surface area contributed by atoms with E-state index in [1.807, 2.05) is 79.9 Å². The summed E-state index contributed by atoms with van der Waals surface area (Å²) in [5.41, 5.74) is 0.997. The van der Waals surface area contributed by atoms with E-state index in [1.54, 1.807) is 26.2 Å². The van der Waals surface area contributed by atoms with Gasteiger partial charge in [-0.15, -0.1) is 10.2 Å². The molecule has 3 aliphatic rings. The fourth-order valence-corrected chi connectivity index (χ4v) is 9.97. The number of nitrogens with one attached hydrogen (secondary N) is 2. The largest absolute Gasteiger partial charge is 0.379 e. The third-order valence-electron chi connectivity index (χ3n) is 14.2. The first-order valence-corrected chi connectivity index (χ1v) is 25.0. The van der Waals surface area contributed by atoms with Crippen molar-refractivity contribution in [1.82, 2.24) is 55.3 Å². The zero-order chi connectivity index (χ0) is 51.1. The topological polar surface area (TPSA) is 219 Å². The van der Waals surface area contributed by atoms with Crippen LogP contribution in [0, 0.1) is 17.8 Å². The van der Waals surface area contributed by atoms with Crippen LogP contribution in [0.25, 0.3) is 0 Å². The number of likely N-dealkylation sites (tertiary alicyclic amines) is 1. The molecule has 5 rings (SSSR count). The molecule has 2 fully saturated rings. The molecule has 0 saturated carbocycles. The molecule has 8 atom stereocenters. The number of rotatable bonds is 24. The number of benzene rings is 1. The lowest BCUT2D eigenvalue weighted by Crippen LogP contribution is -2.56. The van der Waals surface area contributed by atoms with Crippen molar-refractivity contribution in [2.75, 3.05) is 74.6 Å². The summed E-state index contributed by atoms with van der Waals surface area (Å²) in [5, 5.41) is 17.6. The van der Waals surface area contributed by atoms with Gasteiger partial charge < -0.3 is 39.3 Å². The fraction of sp³-hybridized carbons (Fsp3) is 0.680. The molecule has 386 valence electrons. The number of H-pyrrole nitrogens is 1. The quantitative estimate of drug-likeness (QED) is 0.0670. The number of guanidine groups is 1. The number of tetrazole rings is 1. The molecule has 70 heavy (non-hydrogen) atoms. The minimum atomic E-state index is -0.742. The molecule has 20 heteroatoms. The molecule has 1 aromatic carbocycles. The molecule has 3 aliphatic heterocycles. The fourth-order valence-electron chi connectivity index (χ4n) is 9.97. The highest BCUT2D eigenvalue weighted by atomic mass is 16.5. The van der Waals surface area contributed by atoms with Crippen LogP contribution in [0.3, 0.4) is 0 Å². The van der Waals surface area contributed by atoms with Gasteiger partial charge in [-0.3, -0.25) is 33.7 Å². The van der Waals surface area contributed by atoms with Gasteiger partial charge in [-0.1, -0.05) is 83.0 Å². The number of imide groups is 1. The Kier molecular flexibility index (Phi) is 20.8. The molecule has 2 N–H and O–H groups in total. The maximum absolute atomic E-state index is 14.8. The number of methoxy groups -OCH3 is 2. The molecular formula is C50H78N12O8. The summed E-state index contributed by atoms with van der Waals surface area (Å²) < 4.78 is 12.2. The van der Waals surface area contributed by atoms with E-state index < -0.39 is 36.3 Å². The lowest BCUT2D eigenvalue weighted by molar-refractivity contribution is -0.146. The second-order valence-corrected chi connectivity index (χ2v) is 19.5. The predicted octanol–water partition coefficient (Wildman–Crippen LogP) is 3.09. The maximum atomic E-state index is 14.8. The highest BCUT2D eigenvalue weighted by molar-refractivity contribution is 6.12. The number of piperazine rings is 1. The Morgan fingerprint density at radius 3 is 2.14 bits per heavy atom. The van der Waals surface area contributed by atoms with E-state index in [1.165, 1.54) is 17.1 Å². The second-order valence-electron chi connectivity index (χ2n) is 19.5. The van der Waals surface area contributed by atoms with Crippen LogP contribution in [0.1, 0.15) is 103 Å². The molecule has 0 radical (unpaired) electrons. The van der Waals surface area contributed by atoms with Gasteiger partial charge in [0.05, 0.1) is 42.7 Å². The minimum Gasteiger partial charge on any atom is -0.379 e. The van der Waals surface area contributed by atoms with E-state index in [0.29, 0.717) is 83.2 Å². The van der Waals surface area contributed by atoms with Gasteiger partial charge in [0.2, 0.25) is 23.6 Å². The standard InChI is InChI=1S/C50H78N12O8/c1-11-34(4)45(39(69-9)32-43(66)61-26-18-21-38(61)46(70-10)35(5)48(67)51-37(47-53-55-56-54-47)31-36-19-14-12-15-20-36)58(8)49(68)44(33(2)3)52-50(57(6)7)60-29-27-59(28-30-60)40(63)22-16-13-17-25-62-41(64)23-24-42(62)65/h12,14-15,19-20,23-24,33-35,37-39,44-46H,11,13,16-18,21-22,25-32H2,1-10H3,(H,51,67)(H,53,54,55,56)/t34-,35+,37-,38-,39-,44-,45-,46+/m0/s1.